The van der Waals surface area contributed by atoms with Crippen LogP contribution in [-0.4, -0.2) is 24.7 Å². The van der Waals surface area contributed by atoms with Crippen LogP contribution in [0.15, 0.2) is 65.7 Å². The summed E-state index contributed by atoms with van der Waals surface area (Å²) in [5.41, 5.74) is 3.69. The lowest BCUT2D eigenvalue weighted by Gasteiger charge is -2.12. The van der Waals surface area contributed by atoms with Crippen molar-refractivity contribution in [2.75, 3.05) is 0 Å². The first kappa shape index (κ1) is 16.6. The Morgan fingerprint density at radius 3 is 2.79 bits per heavy atom. The minimum atomic E-state index is -0.199. The Balaban J connectivity index is 1.85. The van der Waals surface area contributed by atoms with Crippen LogP contribution in [0.5, 0.6) is 0 Å². The molecule has 0 atom stereocenters. The number of pyridine rings is 3. The van der Waals surface area contributed by atoms with Crippen LogP contribution in [0.2, 0.25) is 5.02 Å². The molecule has 0 saturated heterocycles. The van der Waals surface area contributed by atoms with Gasteiger partial charge in [0.15, 0.2) is 5.82 Å². The number of fused-ring (bicyclic) bond motifs is 2. The molecule has 0 fully saturated rings. The molecular formula is C21H14ClN5O. The number of benzene rings is 1. The monoisotopic (exact) mass is 387 g/mol. The molecule has 0 amide bonds. The standard InChI is InChI=1S/C21H14ClN5O/c1-12-6-8-27(26-12)21-16(10-14-4-5-18(28)24-20(14)25-21)15-9-13-3-2-7-23-19(13)17(22)11-15/h2-11H,1H3,(H,24,25,28). The summed E-state index contributed by atoms with van der Waals surface area (Å²) in [7, 11) is 0. The molecule has 0 aliphatic carbocycles. The number of H-pyrrole nitrogens is 1. The van der Waals surface area contributed by atoms with Crippen LogP contribution < -0.4 is 5.56 Å². The number of nitrogens with one attached hydrogen (secondary N) is 1. The highest BCUT2D eigenvalue weighted by atomic mass is 35.5. The fourth-order valence-electron chi connectivity index (χ4n) is 3.29. The van der Waals surface area contributed by atoms with Crippen LogP contribution in [0, 0.1) is 6.92 Å². The van der Waals surface area contributed by atoms with E-state index >= 15 is 0 Å². The number of rotatable bonds is 2. The van der Waals surface area contributed by atoms with E-state index in [4.69, 9.17) is 16.6 Å². The summed E-state index contributed by atoms with van der Waals surface area (Å²) in [5.74, 6) is 0.613. The molecule has 136 valence electrons. The zero-order valence-electron chi connectivity index (χ0n) is 14.8. The Labute approximate surface area is 164 Å². The molecule has 0 spiro atoms. The summed E-state index contributed by atoms with van der Waals surface area (Å²) in [6, 6.07) is 14.9. The lowest BCUT2D eigenvalue weighted by atomic mass is 10.0. The summed E-state index contributed by atoms with van der Waals surface area (Å²) < 4.78 is 1.71. The van der Waals surface area contributed by atoms with E-state index in [-0.39, 0.29) is 5.56 Å². The Bertz CT molecular complexity index is 1420. The number of halogens is 1. The second kappa shape index (κ2) is 6.28. The fourth-order valence-corrected chi connectivity index (χ4v) is 3.57. The van der Waals surface area contributed by atoms with Gasteiger partial charge in [0, 0.05) is 34.8 Å². The van der Waals surface area contributed by atoms with Gasteiger partial charge in [-0.05, 0) is 48.9 Å². The molecule has 28 heavy (non-hydrogen) atoms. The molecule has 0 unspecified atom stereocenters. The first-order valence-corrected chi connectivity index (χ1v) is 9.08. The highest BCUT2D eigenvalue weighted by Gasteiger charge is 2.15. The summed E-state index contributed by atoms with van der Waals surface area (Å²) in [6.45, 7) is 1.91. The van der Waals surface area contributed by atoms with Crippen molar-refractivity contribution in [1.29, 1.82) is 0 Å². The predicted molar refractivity (Wildman–Crippen MR) is 110 cm³/mol. The van der Waals surface area contributed by atoms with E-state index < -0.39 is 0 Å². The van der Waals surface area contributed by atoms with E-state index in [0.29, 0.717) is 16.5 Å². The molecule has 6 nitrogen and oxygen atoms in total. The molecular weight excluding hydrogens is 374 g/mol. The van der Waals surface area contributed by atoms with E-state index in [0.717, 1.165) is 33.1 Å². The van der Waals surface area contributed by atoms with Crippen LogP contribution in [-0.2, 0) is 0 Å². The summed E-state index contributed by atoms with van der Waals surface area (Å²) in [6.07, 6.45) is 3.57. The molecule has 5 rings (SSSR count). The first-order chi connectivity index (χ1) is 13.6. The van der Waals surface area contributed by atoms with Gasteiger partial charge in [-0.3, -0.25) is 9.78 Å². The average Bonchev–Trinajstić information content (AvgIpc) is 3.13. The first-order valence-electron chi connectivity index (χ1n) is 8.70. The van der Waals surface area contributed by atoms with Crippen LogP contribution in [0.4, 0.5) is 0 Å². The summed E-state index contributed by atoms with van der Waals surface area (Å²) in [4.78, 5) is 23.6. The molecule has 0 bridgehead atoms. The maximum atomic E-state index is 11.7. The molecule has 1 N–H and O–H groups in total. The van der Waals surface area contributed by atoms with Gasteiger partial charge in [-0.15, -0.1) is 0 Å². The Hall–Kier alpha value is -3.51. The highest BCUT2D eigenvalue weighted by molar-refractivity contribution is 6.35. The molecule has 4 heterocycles. The van der Waals surface area contributed by atoms with E-state index in [2.05, 4.69) is 15.1 Å². The third-order valence-electron chi connectivity index (χ3n) is 4.60. The van der Waals surface area contributed by atoms with Gasteiger partial charge in [-0.25, -0.2) is 9.67 Å². The van der Waals surface area contributed by atoms with Crippen molar-refractivity contribution in [1.82, 2.24) is 24.7 Å². The largest absolute Gasteiger partial charge is 0.307 e. The van der Waals surface area contributed by atoms with Crippen molar-refractivity contribution in [3.8, 4) is 16.9 Å². The van der Waals surface area contributed by atoms with Crippen molar-refractivity contribution in [2.24, 2.45) is 0 Å². The number of aryl methyl sites for hydroxylation is 1. The molecule has 0 aliphatic rings. The van der Waals surface area contributed by atoms with Crippen molar-refractivity contribution in [3.05, 3.63) is 82.0 Å². The Morgan fingerprint density at radius 1 is 1.07 bits per heavy atom. The number of aromatic amines is 1. The van der Waals surface area contributed by atoms with Crippen LogP contribution in [0.1, 0.15) is 5.69 Å². The van der Waals surface area contributed by atoms with E-state index in [9.17, 15) is 4.79 Å². The topological polar surface area (TPSA) is 76.5 Å². The number of aromatic nitrogens is 5. The molecule has 5 aromatic rings. The lowest BCUT2D eigenvalue weighted by molar-refractivity contribution is 0.837. The van der Waals surface area contributed by atoms with E-state index in [1.165, 1.54) is 6.07 Å². The van der Waals surface area contributed by atoms with Gasteiger partial charge in [0.25, 0.3) is 0 Å². The Morgan fingerprint density at radius 2 is 1.96 bits per heavy atom. The van der Waals surface area contributed by atoms with Crippen LogP contribution >= 0.6 is 11.6 Å². The van der Waals surface area contributed by atoms with Crippen molar-refractivity contribution in [3.63, 3.8) is 0 Å². The van der Waals surface area contributed by atoms with Gasteiger partial charge >= 0.3 is 0 Å². The van der Waals surface area contributed by atoms with Gasteiger partial charge in [-0.1, -0.05) is 17.7 Å². The minimum Gasteiger partial charge on any atom is -0.307 e. The smallest absolute Gasteiger partial charge is 0.249 e. The molecule has 4 aromatic heterocycles. The van der Waals surface area contributed by atoms with Gasteiger partial charge in [-0.2, -0.15) is 5.10 Å². The van der Waals surface area contributed by atoms with Crippen LogP contribution in [0.25, 0.3) is 38.9 Å². The molecule has 0 radical (unpaired) electrons. The normalized spacial score (nSPS) is 11.4. The Kier molecular flexibility index (Phi) is 3.74. The second-order valence-electron chi connectivity index (χ2n) is 6.55. The third-order valence-corrected chi connectivity index (χ3v) is 4.88. The van der Waals surface area contributed by atoms with Gasteiger partial charge < -0.3 is 4.98 Å². The highest BCUT2D eigenvalue weighted by Crippen LogP contribution is 2.33. The minimum absolute atomic E-state index is 0.199. The molecule has 0 aliphatic heterocycles. The van der Waals surface area contributed by atoms with Crippen molar-refractivity contribution >= 4 is 33.5 Å². The maximum Gasteiger partial charge on any atom is 0.249 e. The van der Waals surface area contributed by atoms with E-state index in [1.54, 1.807) is 16.9 Å². The quantitative estimate of drug-likeness (QED) is 0.490. The zero-order valence-corrected chi connectivity index (χ0v) is 15.6. The van der Waals surface area contributed by atoms with Crippen molar-refractivity contribution < 1.29 is 0 Å². The number of hydrogen-bond acceptors (Lipinski definition) is 4. The van der Waals surface area contributed by atoms with E-state index in [1.807, 2.05) is 49.5 Å². The van der Waals surface area contributed by atoms with Gasteiger partial charge in [0.05, 0.1) is 16.2 Å². The molecule has 1 aromatic carbocycles. The fraction of sp³-hybridized carbons (Fsp3) is 0.0476. The van der Waals surface area contributed by atoms with Gasteiger partial charge in [0.2, 0.25) is 5.56 Å². The molecule has 7 heteroatoms. The summed E-state index contributed by atoms with van der Waals surface area (Å²) >= 11 is 6.50. The van der Waals surface area contributed by atoms with Crippen LogP contribution in [0.3, 0.4) is 0 Å². The maximum absolute atomic E-state index is 11.7. The second-order valence-corrected chi connectivity index (χ2v) is 6.96. The van der Waals surface area contributed by atoms with Crippen molar-refractivity contribution in [2.45, 2.75) is 6.92 Å². The SMILES string of the molecule is Cc1ccn(-c2nc3[nH]c(=O)ccc3cc2-c2cc(Cl)c3ncccc3c2)n1. The lowest BCUT2D eigenvalue weighted by Crippen LogP contribution is -2.07. The zero-order chi connectivity index (χ0) is 19.3. The third kappa shape index (κ3) is 2.75. The number of nitrogens with zero attached hydrogens (tertiary/aromatic N) is 4. The average molecular weight is 388 g/mol. The van der Waals surface area contributed by atoms with Gasteiger partial charge in [0.1, 0.15) is 5.65 Å². The molecule has 0 saturated carbocycles. The summed E-state index contributed by atoms with van der Waals surface area (Å²) in [5, 5.41) is 6.83. The number of hydrogen-bond donors (Lipinski definition) is 1. The predicted octanol–water partition coefficient (Wildman–Crippen LogP) is 4.29.